The molecule has 0 unspecified atom stereocenters. The van der Waals surface area contributed by atoms with E-state index in [1.165, 1.54) is 5.56 Å². The van der Waals surface area contributed by atoms with Gasteiger partial charge in [0.05, 0.1) is 12.6 Å². The summed E-state index contributed by atoms with van der Waals surface area (Å²) in [6.45, 7) is 1.76. The second-order valence-electron chi connectivity index (χ2n) is 4.48. The van der Waals surface area contributed by atoms with E-state index in [0.717, 1.165) is 37.3 Å². The highest BCUT2D eigenvalue weighted by molar-refractivity contribution is 5.86. The second-order valence-corrected chi connectivity index (χ2v) is 4.48. The van der Waals surface area contributed by atoms with Gasteiger partial charge in [-0.1, -0.05) is 24.3 Å². The molecule has 2 N–H and O–H groups in total. The highest BCUT2D eigenvalue weighted by atomic mass is 16.3. The third-order valence-electron chi connectivity index (χ3n) is 3.53. The van der Waals surface area contributed by atoms with Crippen molar-refractivity contribution in [3.8, 4) is 0 Å². The molecule has 1 aliphatic carbocycles. The van der Waals surface area contributed by atoms with Gasteiger partial charge >= 0.3 is 0 Å². The number of fused-ring (bicyclic) bond motifs is 1. The van der Waals surface area contributed by atoms with Crippen molar-refractivity contribution in [3.63, 3.8) is 0 Å². The van der Waals surface area contributed by atoms with E-state index in [2.05, 4.69) is 16.4 Å². The van der Waals surface area contributed by atoms with Crippen molar-refractivity contribution in [1.29, 1.82) is 0 Å². The van der Waals surface area contributed by atoms with Gasteiger partial charge in [-0.25, -0.2) is 0 Å². The third kappa shape index (κ3) is 1.52. The number of aliphatic hydroxyl groups is 1. The van der Waals surface area contributed by atoms with Gasteiger partial charge in [0.2, 0.25) is 0 Å². The first-order chi connectivity index (χ1) is 7.86. The quantitative estimate of drug-likeness (QED) is 0.743. The Morgan fingerprint density at radius 2 is 2.19 bits per heavy atom. The first-order valence-electron chi connectivity index (χ1n) is 5.90. The van der Waals surface area contributed by atoms with E-state index in [1.807, 2.05) is 18.2 Å². The van der Waals surface area contributed by atoms with Gasteiger partial charge < -0.3 is 10.4 Å². The van der Waals surface area contributed by atoms with Crippen molar-refractivity contribution < 1.29 is 5.11 Å². The Morgan fingerprint density at radius 1 is 1.31 bits per heavy atom. The molecule has 0 spiro atoms. The number of rotatable bonds is 1. The lowest BCUT2D eigenvalue weighted by Crippen LogP contribution is -2.34. The van der Waals surface area contributed by atoms with Crippen molar-refractivity contribution in [1.82, 2.24) is 5.32 Å². The fourth-order valence-electron chi connectivity index (χ4n) is 2.69. The molecule has 0 fully saturated rings. The van der Waals surface area contributed by atoms with Crippen LogP contribution in [0.2, 0.25) is 0 Å². The smallest absolute Gasteiger partial charge is 0.103 e. The molecule has 0 saturated carbocycles. The van der Waals surface area contributed by atoms with Crippen molar-refractivity contribution in [2.75, 3.05) is 13.1 Å². The van der Waals surface area contributed by atoms with Crippen LogP contribution in [-0.4, -0.2) is 24.0 Å². The summed E-state index contributed by atoms with van der Waals surface area (Å²) >= 11 is 0. The average molecular weight is 216 g/mol. The minimum absolute atomic E-state index is 0.164. The lowest BCUT2D eigenvalue weighted by Gasteiger charge is -2.30. The highest BCUT2D eigenvalue weighted by Crippen LogP contribution is 2.34. The second kappa shape index (κ2) is 3.91. The Labute approximate surface area is 95.2 Å². The summed E-state index contributed by atoms with van der Waals surface area (Å²) in [5.41, 5.74) is 2.36. The van der Waals surface area contributed by atoms with Crippen LogP contribution in [-0.2, 0) is 6.42 Å². The summed E-state index contributed by atoms with van der Waals surface area (Å²) in [4.78, 5) is 4.43. The zero-order chi connectivity index (χ0) is 11.0. The van der Waals surface area contributed by atoms with E-state index in [-0.39, 0.29) is 5.92 Å². The van der Waals surface area contributed by atoms with Crippen molar-refractivity contribution in [2.45, 2.75) is 18.9 Å². The molecule has 0 bridgehead atoms. The van der Waals surface area contributed by atoms with E-state index in [0.29, 0.717) is 0 Å². The number of benzene rings is 1. The maximum atomic E-state index is 10.4. The summed E-state index contributed by atoms with van der Waals surface area (Å²) in [5.74, 6) is 1.17. The van der Waals surface area contributed by atoms with Crippen LogP contribution in [0.15, 0.2) is 29.3 Å². The van der Waals surface area contributed by atoms with Crippen LogP contribution in [0, 0.1) is 5.92 Å². The van der Waals surface area contributed by atoms with Gasteiger partial charge in [-0.3, -0.25) is 4.99 Å². The summed E-state index contributed by atoms with van der Waals surface area (Å²) in [6, 6.07) is 8.17. The fourth-order valence-corrected chi connectivity index (χ4v) is 2.69. The van der Waals surface area contributed by atoms with Crippen LogP contribution in [0.1, 0.15) is 23.7 Å². The molecule has 3 nitrogen and oxygen atoms in total. The molecule has 16 heavy (non-hydrogen) atoms. The van der Waals surface area contributed by atoms with Crippen molar-refractivity contribution in [3.05, 3.63) is 35.4 Å². The standard InChI is InChI=1S/C13H16N2O/c16-12-10-4-2-1-3-9(10)5-6-11(12)13-14-7-8-15-13/h1-4,11-12,16H,5-8H2,(H,14,15)/t11-,12-/m1/s1. The largest absolute Gasteiger partial charge is 0.388 e. The molecule has 3 rings (SSSR count). The minimum atomic E-state index is -0.394. The van der Waals surface area contributed by atoms with Crippen LogP contribution in [0.25, 0.3) is 0 Å². The topological polar surface area (TPSA) is 44.6 Å². The maximum absolute atomic E-state index is 10.4. The Hall–Kier alpha value is -1.35. The van der Waals surface area contributed by atoms with Gasteiger partial charge in [-0.15, -0.1) is 0 Å². The molecule has 0 saturated heterocycles. The summed E-state index contributed by atoms with van der Waals surface area (Å²) in [6.07, 6.45) is 1.64. The number of aryl methyl sites for hydroxylation is 1. The number of nitrogens with zero attached hydrogens (tertiary/aromatic N) is 1. The minimum Gasteiger partial charge on any atom is -0.388 e. The molecule has 3 heteroatoms. The van der Waals surface area contributed by atoms with Gasteiger partial charge in [-0.05, 0) is 24.0 Å². The SMILES string of the molecule is O[C@@H]1c2ccccc2CC[C@H]1C1=NCCN1. The summed E-state index contributed by atoms with van der Waals surface area (Å²) in [5, 5.41) is 13.6. The fraction of sp³-hybridized carbons (Fsp3) is 0.462. The lowest BCUT2D eigenvalue weighted by molar-refractivity contribution is 0.125. The van der Waals surface area contributed by atoms with E-state index in [9.17, 15) is 5.11 Å². The van der Waals surface area contributed by atoms with Crippen molar-refractivity contribution >= 4 is 5.84 Å². The molecule has 0 amide bonds. The van der Waals surface area contributed by atoms with E-state index < -0.39 is 6.10 Å². The number of nitrogens with one attached hydrogen (secondary N) is 1. The van der Waals surface area contributed by atoms with Gasteiger partial charge in [-0.2, -0.15) is 0 Å². The Morgan fingerprint density at radius 3 is 3.00 bits per heavy atom. The van der Waals surface area contributed by atoms with Gasteiger partial charge in [0.25, 0.3) is 0 Å². The molecule has 1 heterocycles. The number of aliphatic hydroxyl groups excluding tert-OH is 1. The Bertz CT molecular complexity index is 428. The zero-order valence-corrected chi connectivity index (χ0v) is 9.19. The van der Waals surface area contributed by atoms with Crippen LogP contribution >= 0.6 is 0 Å². The molecule has 2 aliphatic rings. The summed E-state index contributed by atoms with van der Waals surface area (Å²) in [7, 11) is 0. The number of hydrogen-bond acceptors (Lipinski definition) is 3. The van der Waals surface area contributed by atoms with Gasteiger partial charge in [0.15, 0.2) is 0 Å². The number of amidine groups is 1. The molecule has 1 aliphatic heterocycles. The van der Waals surface area contributed by atoms with Crippen LogP contribution in [0.5, 0.6) is 0 Å². The molecule has 84 valence electrons. The van der Waals surface area contributed by atoms with Crippen LogP contribution in [0.3, 0.4) is 0 Å². The van der Waals surface area contributed by atoms with Crippen LogP contribution < -0.4 is 5.32 Å². The van der Waals surface area contributed by atoms with Gasteiger partial charge in [0, 0.05) is 12.5 Å². The maximum Gasteiger partial charge on any atom is 0.103 e. The van der Waals surface area contributed by atoms with Crippen LogP contribution in [0.4, 0.5) is 0 Å². The zero-order valence-electron chi connectivity index (χ0n) is 9.19. The number of hydrogen-bond donors (Lipinski definition) is 2. The molecule has 2 atom stereocenters. The normalized spacial score (nSPS) is 28.2. The number of aliphatic imine (C=N–C) groups is 1. The highest BCUT2D eigenvalue weighted by Gasteiger charge is 2.32. The van der Waals surface area contributed by atoms with E-state index in [4.69, 9.17) is 0 Å². The predicted octanol–water partition coefficient (Wildman–Crippen LogP) is 1.28. The Kier molecular flexibility index (Phi) is 2.40. The average Bonchev–Trinajstić information content (AvgIpc) is 2.83. The molecule has 0 radical (unpaired) electrons. The van der Waals surface area contributed by atoms with Crippen molar-refractivity contribution in [2.24, 2.45) is 10.9 Å². The van der Waals surface area contributed by atoms with E-state index >= 15 is 0 Å². The predicted molar refractivity (Wildman–Crippen MR) is 63.5 cm³/mol. The Balaban J connectivity index is 1.91. The van der Waals surface area contributed by atoms with Gasteiger partial charge in [0.1, 0.15) is 5.84 Å². The molecular weight excluding hydrogens is 200 g/mol. The first-order valence-corrected chi connectivity index (χ1v) is 5.90. The third-order valence-corrected chi connectivity index (χ3v) is 3.53. The van der Waals surface area contributed by atoms with E-state index in [1.54, 1.807) is 0 Å². The molecular formula is C13H16N2O. The molecule has 1 aromatic rings. The summed E-state index contributed by atoms with van der Waals surface area (Å²) < 4.78 is 0. The molecule has 1 aromatic carbocycles. The molecule has 0 aromatic heterocycles. The monoisotopic (exact) mass is 216 g/mol. The lowest BCUT2D eigenvalue weighted by atomic mass is 9.81. The first kappa shape index (κ1) is 9.85.